The minimum atomic E-state index is -0.856. The van der Waals surface area contributed by atoms with Crippen LogP contribution in [0.25, 0.3) is 0 Å². The maximum Gasteiger partial charge on any atom is 0.326 e. The molecule has 0 unspecified atom stereocenters. The highest BCUT2D eigenvalue weighted by atomic mass is 16.4. The predicted molar refractivity (Wildman–Crippen MR) is 112 cm³/mol. The van der Waals surface area contributed by atoms with Crippen molar-refractivity contribution in [2.45, 2.75) is 116 Å². The Bertz CT molecular complexity index is 433. The summed E-state index contributed by atoms with van der Waals surface area (Å²) in [5.74, 6) is -0.831. The summed E-state index contributed by atoms with van der Waals surface area (Å²) in [4.78, 5) is 24.8. The fraction of sp³-hybridized carbons (Fsp3) is 0.826. The number of carbonyl (C=O) groups is 2. The number of hydrogen-bond acceptors (Lipinski definition) is 2. The number of rotatable bonds is 16. The van der Waals surface area contributed by atoms with Gasteiger partial charge in [-0.05, 0) is 44.9 Å². The number of allylic oxidation sites excluding steroid dienone is 2. The predicted octanol–water partition coefficient (Wildman–Crippen LogP) is 6.10. The summed E-state index contributed by atoms with van der Waals surface area (Å²) in [5, 5.41) is 9.14. The molecule has 1 saturated heterocycles. The molecule has 4 nitrogen and oxygen atoms in total. The molecule has 0 aromatic heterocycles. The van der Waals surface area contributed by atoms with E-state index in [0.717, 1.165) is 19.3 Å². The fourth-order valence-corrected chi connectivity index (χ4v) is 3.81. The number of carboxylic acid groups (broad SMARTS) is 1. The Balaban J connectivity index is 1.89. The molecule has 1 N–H and O–H groups in total. The summed E-state index contributed by atoms with van der Waals surface area (Å²) < 4.78 is 0. The number of unbranched alkanes of at least 4 members (excludes halogenated alkanes) is 11. The maximum absolute atomic E-state index is 12.1. The Hall–Kier alpha value is -1.32. The third-order valence-electron chi connectivity index (χ3n) is 5.51. The van der Waals surface area contributed by atoms with E-state index in [9.17, 15) is 9.59 Å². The number of likely N-dealkylation sites (tertiary alicyclic amines) is 1. The molecule has 1 atom stereocenters. The van der Waals surface area contributed by atoms with Crippen LogP contribution in [0.2, 0.25) is 0 Å². The van der Waals surface area contributed by atoms with Crippen LogP contribution in [0.3, 0.4) is 0 Å². The van der Waals surface area contributed by atoms with Crippen molar-refractivity contribution in [2.24, 2.45) is 0 Å². The lowest BCUT2D eigenvalue weighted by atomic mass is 10.1. The minimum Gasteiger partial charge on any atom is -0.480 e. The zero-order chi connectivity index (χ0) is 19.7. The first kappa shape index (κ1) is 23.7. The first-order valence-corrected chi connectivity index (χ1v) is 11.3. The van der Waals surface area contributed by atoms with Crippen LogP contribution in [0.15, 0.2) is 12.2 Å². The van der Waals surface area contributed by atoms with Gasteiger partial charge in [-0.1, -0.05) is 70.4 Å². The summed E-state index contributed by atoms with van der Waals surface area (Å²) in [6.07, 6.45) is 22.7. The van der Waals surface area contributed by atoms with E-state index in [1.165, 1.54) is 70.6 Å². The van der Waals surface area contributed by atoms with Crippen molar-refractivity contribution in [3.05, 3.63) is 12.2 Å². The van der Waals surface area contributed by atoms with Crippen molar-refractivity contribution in [1.82, 2.24) is 4.90 Å². The summed E-state index contributed by atoms with van der Waals surface area (Å²) in [5.41, 5.74) is 0. The van der Waals surface area contributed by atoms with Crippen molar-refractivity contribution in [2.75, 3.05) is 6.54 Å². The quantitative estimate of drug-likeness (QED) is 0.260. The number of amides is 1. The van der Waals surface area contributed by atoms with Gasteiger partial charge in [-0.2, -0.15) is 0 Å². The van der Waals surface area contributed by atoms with Gasteiger partial charge in [-0.25, -0.2) is 4.79 Å². The highest BCUT2D eigenvalue weighted by molar-refractivity contribution is 5.84. The van der Waals surface area contributed by atoms with Crippen LogP contribution in [0.5, 0.6) is 0 Å². The lowest BCUT2D eigenvalue weighted by Crippen LogP contribution is -2.40. The lowest BCUT2D eigenvalue weighted by molar-refractivity contribution is -0.148. The molecular weight excluding hydrogens is 338 g/mol. The Morgan fingerprint density at radius 2 is 1.44 bits per heavy atom. The second-order valence-corrected chi connectivity index (χ2v) is 7.92. The summed E-state index contributed by atoms with van der Waals surface area (Å²) >= 11 is 0. The first-order chi connectivity index (χ1) is 13.2. The molecule has 0 radical (unpaired) electrons. The van der Waals surface area contributed by atoms with E-state index in [1.807, 2.05) is 0 Å². The molecule has 0 spiro atoms. The zero-order valence-corrected chi connectivity index (χ0v) is 17.5. The van der Waals surface area contributed by atoms with Crippen LogP contribution in [0, 0.1) is 0 Å². The minimum absolute atomic E-state index is 0.0255. The monoisotopic (exact) mass is 379 g/mol. The smallest absolute Gasteiger partial charge is 0.326 e. The van der Waals surface area contributed by atoms with Crippen LogP contribution in [-0.4, -0.2) is 34.5 Å². The molecule has 0 aromatic carbocycles. The molecule has 1 amide bonds. The normalized spacial score (nSPS) is 17.1. The van der Waals surface area contributed by atoms with Gasteiger partial charge in [0.15, 0.2) is 0 Å². The zero-order valence-electron chi connectivity index (χ0n) is 17.5. The molecule has 1 heterocycles. The Morgan fingerprint density at radius 3 is 2.04 bits per heavy atom. The highest BCUT2D eigenvalue weighted by Crippen LogP contribution is 2.19. The largest absolute Gasteiger partial charge is 0.480 e. The molecule has 27 heavy (non-hydrogen) atoms. The van der Waals surface area contributed by atoms with Gasteiger partial charge in [0.1, 0.15) is 6.04 Å². The molecule has 1 rings (SSSR count). The first-order valence-electron chi connectivity index (χ1n) is 11.3. The molecule has 1 fully saturated rings. The molecule has 1 aliphatic heterocycles. The van der Waals surface area contributed by atoms with Crippen LogP contribution >= 0.6 is 0 Å². The summed E-state index contributed by atoms with van der Waals surface area (Å²) in [6.45, 7) is 2.87. The van der Waals surface area contributed by atoms with Gasteiger partial charge in [-0.15, -0.1) is 0 Å². The highest BCUT2D eigenvalue weighted by Gasteiger charge is 2.33. The van der Waals surface area contributed by atoms with Crippen molar-refractivity contribution in [3.8, 4) is 0 Å². The number of hydrogen-bond donors (Lipinski definition) is 1. The average molecular weight is 380 g/mol. The number of nitrogens with zero attached hydrogens (tertiary/aromatic N) is 1. The van der Waals surface area contributed by atoms with Crippen molar-refractivity contribution in [3.63, 3.8) is 0 Å². The van der Waals surface area contributed by atoms with Crippen molar-refractivity contribution >= 4 is 11.9 Å². The van der Waals surface area contributed by atoms with Gasteiger partial charge >= 0.3 is 5.97 Å². The van der Waals surface area contributed by atoms with Crippen molar-refractivity contribution in [1.29, 1.82) is 0 Å². The number of aliphatic carboxylic acids is 1. The van der Waals surface area contributed by atoms with Gasteiger partial charge in [-0.3, -0.25) is 4.79 Å². The standard InChI is InChI=1S/C23H41NO3/c1-2-3-4-5-6-7-8-9-10-11-12-13-14-15-16-19-22(25)24-20-17-18-21(24)23(26)27/h9-10,21H,2-8,11-20H2,1H3,(H,26,27)/b10-9+/t21-/m0/s1. The molecule has 4 heteroatoms. The fourth-order valence-electron chi connectivity index (χ4n) is 3.81. The van der Waals surface area contributed by atoms with Gasteiger partial charge in [0, 0.05) is 13.0 Å². The van der Waals surface area contributed by atoms with E-state index < -0.39 is 12.0 Å². The maximum atomic E-state index is 12.1. The van der Waals surface area contributed by atoms with E-state index in [2.05, 4.69) is 19.1 Å². The third-order valence-corrected chi connectivity index (χ3v) is 5.51. The van der Waals surface area contributed by atoms with E-state index in [-0.39, 0.29) is 5.91 Å². The molecular formula is C23H41NO3. The Kier molecular flexibility index (Phi) is 13.8. The van der Waals surface area contributed by atoms with E-state index in [1.54, 1.807) is 4.90 Å². The number of carbonyl (C=O) groups excluding carboxylic acids is 1. The molecule has 156 valence electrons. The third kappa shape index (κ3) is 11.2. The SMILES string of the molecule is CCCCCCCC/C=C/CCCCCCCC(=O)N1CCC[C@H]1C(=O)O. The second kappa shape index (κ2) is 15.7. The van der Waals surface area contributed by atoms with Crippen LogP contribution < -0.4 is 0 Å². The second-order valence-electron chi connectivity index (χ2n) is 7.92. The lowest BCUT2D eigenvalue weighted by Gasteiger charge is -2.21. The van der Waals surface area contributed by atoms with Gasteiger partial charge in [0.2, 0.25) is 5.91 Å². The molecule has 0 saturated carbocycles. The summed E-state index contributed by atoms with van der Waals surface area (Å²) in [7, 11) is 0. The van der Waals surface area contributed by atoms with E-state index >= 15 is 0 Å². The molecule has 0 aromatic rings. The van der Waals surface area contributed by atoms with E-state index in [4.69, 9.17) is 5.11 Å². The van der Waals surface area contributed by atoms with Crippen molar-refractivity contribution < 1.29 is 14.7 Å². The number of carboxylic acids is 1. The van der Waals surface area contributed by atoms with Gasteiger partial charge in [0.25, 0.3) is 0 Å². The summed E-state index contributed by atoms with van der Waals surface area (Å²) in [6, 6.07) is -0.583. The Labute approximate surface area is 166 Å². The van der Waals surface area contributed by atoms with Gasteiger partial charge in [0.05, 0.1) is 0 Å². The van der Waals surface area contributed by atoms with Crippen LogP contribution in [-0.2, 0) is 9.59 Å². The molecule has 1 aliphatic rings. The van der Waals surface area contributed by atoms with Crippen LogP contribution in [0.4, 0.5) is 0 Å². The average Bonchev–Trinajstić information content (AvgIpc) is 3.15. The van der Waals surface area contributed by atoms with Gasteiger partial charge < -0.3 is 10.0 Å². The topological polar surface area (TPSA) is 57.6 Å². The van der Waals surface area contributed by atoms with E-state index in [0.29, 0.717) is 19.4 Å². The molecule has 0 bridgehead atoms. The Morgan fingerprint density at radius 1 is 0.889 bits per heavy atom. The van der Waals surface area contributed by atoms with Crippen LogP contribution in [0.1, 0.15) is 110 Å². The molecule has 0 aliphatic carbocycles.